The molecule has 0 rings (SSSR count). The zero-order valence-electron chi connectivity index (χ0n) is 11.4. The summed E-state index contributed by atoms with van der Waals surface area (Å²) in [7, 11) is 1.58. The molecule has 19 heavy (non-hydrogen) atoms. The van der Waals surface area contributed by atoms with Crippen molar-refractivity contribution < 1.29 is 24.2 Å². The molecule has 0 aliphatic carbocycles. The number of amides is 3. The predicted molar refractivity (Wildman–Crippen MR) is 67.8 cm³/mol. The van der Waals surface area contributed by atoms with Gasteiger partial charge in [-0.25, -0.2) is 4.79 Å². The van der Waals surface area contributed by atoms with E-state index in [0.717, 1.165) is 0 Å². The smallest absolute Gasteiger partial charge is 0.322 e. The Morgan fingerprint density at radius 1 is 1.21 bits per heavy atom. The molecule has 0 aromatic rings. The highest BCUT2D eigenvalue weighted by Crippen LogP contribution is 1.90. The largest absolute Gasteiger partial charge is 0.480 e. The van der Waals surface area contributed by atoms with Crippen LogP contribution in [0.3, 0.4) is 0 Å². The number of hydrogen-bond acceptors (Lipinski definition) is 4. The number of ether oxygens (including phenoxy) is 1. The van der Waals surface area contributed by atoms with Gasteiger partial charge in [0.2, 0.25) is 5.91 Å². The molecule has 0 aromatic carbocycles. The quantitative estimate of drug-likeness (QED) is 0.540. The fraction of sp³-hybridized carbons (Fsp3) is 0.727. The van der Waals surface area contributed by atoms with E-state index >= 15 is 0 Å². The first-order valence-corrected chi connectivity index (χ1v) is 5.92. The highest BCUT2D eigenvalue weighted by atomic mass is 16.5. The molecule has 3 N–H and O–H groups in total. The number of hydrogen-bond donors (Lipinski definition) is 3. The van der Waals surface area contributed by atoms with Crippen LogP contribution in [0.2, 0.25) is 0 Å². The second-order valence-corrected chi connectivity index (χ2v) is 4.17. The first-order chi connectivity index (χ1) is 8.82. The SMILES string of the molecule is CC(C)OCCN(C)C(=O)NCC(=O)NCC(=O)O. The normalized spacial score (nSPS) is 10.1. The van der Waals surface area contributed by atoms with Crippen LogP contribution < -0.4 is 10.6 Å². The number of likely N-dealkylation sites (N-methyl/N-ethyl adjacent to an activating group) is 1. The molecule has 8 nitrogen and oxygen atoms in total. The maximum absolute atomic E-state index is 11.5. The Kier molecular flexibility index (Phi) is 8.27. The molecule has 0 aromatic heterocycles. The Morgan fingerprint density at radius 2 is 1.84 bits per heavy atom. The van der Waals surface area contributed by atoms with E-state index in [1.165, 1.54) is 4.90 Å². The van der Waals surface area contributed by atoms with Crippen LogP contribution in [-0.4, -0.2) is 67.3 Å². The number of nitrogens with zero attached hydrogens (tertiary/aromatic N) is 1. The topological polar surface area (TPSA) is 108 Å². The van der Waals surface area contributed by atoms with Crippen molar-refractivity contribution in [2.75, 3.05) is 33.3 Å². The average Bonchev–Trinajstić information content (AvgIpc) is 2.32. The maximum Gasteiger partial charge on any atom is 0.322 e. The first kappa shape index (κ1) is 17.2. The van der Waals surface area contributed by atoms with Crippen molar-refractivity contribution in [1.29, 1.82) is 0 Å². The van der Waals surface area contributed by atoms with Gasteiger partial charge in [-0.1, -0.05) is 0 Å². The third-order valence-corrected chi connectivity index (χ3v) is 2.06. The molecular formula is C11H21N3O5. The molecule has 3 amide bonds. The van der Waals surface area contributed by atoms with E-state index in [4.69, 9.17) is 9.84 Å². The molecule has 0 radical (unpaired) electrons. The zero-order valence-corrected chi connectivity index (χ0v) is 11.4. The van der Waals surface area contributed by atoms with Gasteiger partial charge in [0, 0.05) is 13.6 Å². The molecule has 0 unspecified atom stereocenters. The van der Waals surface area contributed by atoms with E-state index in [2.05, 4.69) is 10.6 Å². The van der Waals surface area contributed by atoms with Gasteiger partial charge < -0.3 is 25.4 Å². The molecule has 0 fully saturated rings. The van der Waals surface area contributed by atoms with Crippen molar-refractivity contribution >= 4 is 17.9 Å². The van der Waals surface area contributed by atoms with Gasteiger partial charge in [-0.05, 0) is 13.8 Å². The van der Waals surface area contributed by atoms with Gasteiger partial charge in [-0.2, -0.15) is 0 Å². The summed E-state index contributed by atoms with van der Waals surface area (Å²) < 4.78 is 5.29. The van der Waals surface area contributed by atoms with Crippen LogP contribution in [0.1, 0.15) is 13.8 Å². The van der Waals surface area contributed by atoms with E-state index in [0.29, 0.717) is 13.2 Å². The van der Waals surface area contributed by atoms with Crippen LogP contribution >= 0.6 is 0 Å². The van der Waals surface area contributed by atoms with Crippen molar-refractivity contribution in [2.24, 2.45) is 0 Å². The van der Waals surface area contributed by atoms with Gasteiger partial charge in [-0.15, -0.1) is 0 Å². The van der Waals surface area contributed by atoms with Crippen molar-refractivity contribution in [3.05, 3.63) is 0 Å². The van der Waals surface area contributed by atoms with E-state index < -0.39 is 24.5 Å². The lowest BCUT2D eigenvalue weighted by Gasteiger charge is -2.18. The molecule has 0 spiro atoms. The fourth-order valence-electron chi connectivity index (χ4n) is 1.05. The molecule has 110 valence electrons. The monoisotopic (exact) mass is 275 g/mol. The number of nitrogens with one attached hydrogen (secondary N) is 2. The average molecular weight is 275 g/mol. The summed E-state index contributed by atoms with van der Waals surface area (Å²) in [5.74, 6) is -1.69. The molecule has 0 heterocycles. The maximum atomic E-state index is 11.5. The molecular weight excluding hydrogens is 254 g/mol. The van der Waals surface area contributed by atoms with E-state index in [-0.39, 0.29) is 12.6 Å². The predicted octanol–water partition coefficient (Wildman–Crippen LogP) is -0.746. The molecule has 0 atom stereocenters. The molecule has 0 saturated heterocycles. The van der Waals surface area contributed by atoms with Crippen LogP contribution in [0.15, 0.2) is 0 Å². The van der Waals surface area contributed by atoms with Crippen molar-refractivity contribution in [3.8, 4) is 0 Å². The summed E-state index contributed by atoms with van der Waals surface area (Å²) in [5.41, 5.74) is 0. The summed E-state index contributed by atoms with van der Waals surface area (Å²) in [6.07, 6.45) is 0.0956. The Hall–Kier alpha value is -1.83. The number of carboxylic acid groups (broad SMARTS) is 1. The molecule has 0 aliphatic heterocycles. The van der Waals surface area contributed by atoms with E-state index in [1.54, 1.807) is 7.05 Å². The fourth-order valence-corrected chi connectivity index (χ4v) is 1.05. The molecule has 8 heteroatoms. The van der Waals surface area contributed by atoms with Gasteiger partial charge in [0.15, 0.2) is 0 Å². The number of carbonyl (C=O) groups is 3. The number of urea groups is 1. The molecule has 0 aliphatic rings. The van der Waals surface area contributed by atoms with Crippen LogP contribution in [0.5, 0.6) is 0 Å². The summed E-state index contributed by atoms with van der Waals surface area (Å²) in [4.78, 5) is 34.3. The van der Waals surface area contributed by atoms with Gasteiger partial charge in [-0.3, -0.25) is 9.59 Å². The van der Waals surface area contributed by atoms with Gasteiger partial charge in [0.05, 0.1) is 19.3 Å². The Labute approximate surface area is 112 Å². The summed E-state index contributed by atoms with van der Waals surface area (Å²) >= 11 is 0. The lowest BCUT2D eigenvalue weighted by Crippen LogP contribution is -2.44. The number of carbonyl (C=O) groups excluding carboxylic acids is 2. The number of carboxylic acids is 1. The second-order valence-electron chi connectivity index (χ2n) is 4.17. The van der Waals surface area contributed by atoms with Crippen LogP contribution in [0.4, 0.5) is 4.79 Å². The van der Waals surface area contributed by atoms with E-state index in [1.807, 2.05) is 13.8 Å². The third kappa shape index (κ3) is 9.83. The lowest BCUT2D eigenvalue weighted by atomic mass is 10.5. The molecule has 0 bridgehead atoms. The van der Waals surface area contributed by atoms with Crippen molar-refractivity contribution in [2.45, 2.75) is 20.0 Å². The standard InChI is InChI=1S/C11H21N3O5/c1-8(2)19-5-4-14(3)11(18)13-6-9(15)12-7-10(16)17/h8H,4-7H2,1-3H3,(H,12,15)(H,13,18)(H,16,17). The minimum atomic E-state index is -1.14. The minimum Gasteiger partial charge on any atom is -0.480 e. The summed E-state index contributed by atoms with van der Waals surface area (Å²) in [5, 5.41) is 12.9. The highest BCUT2D eigenvalue weighted by Gasteiger charge is 2.10. The first-order valence-electron chi connectivity index (χ1n) is 5.92. The van der Waals surface area contributed by atoms with Crippen LogP contribution in [-0.2, 0) is 14.3 Å². The zero-order chi connectivity index (χ0) is 14.8. The minimum absolute atomic E-state index is 0.0956. The van der Waals surface area contributed by atoms with Crippen molar-refractivity contribution in [1.82, 2.24) is 15.5 Å². The summed E-state index contributed by atoms with van der Waals surface area (Å²) in [6.45, 7) is 3.88. The number of aliphatic carboxylic acids is 1. The Balaban J connectivity index is 3.77. The van der Waals surface area contributed by atoms with E-state index in [9.17, 15) is 14.4 Å². The second kappa shape index (κ2) is 9.15. The Morgan fingerprint density at radius 3 is 2.37 bits per heavy atom. The van der Waals surface area contributed by atoms with Gasteiger partial charge in [0.25, 0.3) is 0 Å². The summed E-state index contributed by atoms with van der Waals surface area (Å²) in [6, 6.07) is -0.419. The third-order valence-electron chi connectivity index (χ3n) is 2.06. The van der Waals surface area contributed by atoms with Gasteiger partial charge >= 0.3 is 12.0 Å². The van der Waals surface area contributed by atoms with Crippen LogP contribution in [0, 0.1) is 0 Å². The van der Waals surface area contributed by atoms with Crippen molar-refractivity contribution in [3.63, 3.8) is 0 Å². The van der Waals surface area contributed by atoms with Gasteiger partial charge in [0.1, 0.15) is 6.54 Å². The number of rotatable bonds is 8. The lowest BCUT2D eigenvalue weighted by molar-refractivity contribution is -0.137. The molecule has 0 saturated carbocycles. The Bertz CT molecular complexity index is 319. The van der Waals surface area contributed by atoms with Crippen LogP contribution in [0.25, 0.3) is 0 Å². The highest BCUT2D eigenvalue weighted by molar-refractivity contribution is 5.86.